The van der Waals surface area contributed by atoms with Crippen molar-refractivity contribution in [3.05, 3.63) is 323 Å². The van der Waals surface area contributed by atoms with Crippen molar-refractivity contribution in [1.29, 1.82) is 0 Å². The number of fused-ring (bicyclic) bond motifs is 11. The second-order valence-electron chi connectivity index (χ2n) is 23.8. The molecule has 2 heterocycles. The molecule has 13 aromatic carbocycles. The lowest BCUT2D eigenvalue weighted by molar-refractivity contribution is 0.669. The Labute approximate surface area is 507 Å². The maximum absolute atomic E-state index is 7.40. The molecule has 0 N–H and O–H groups in total. The summed E-state index contributed by atoms with van der Waals surface area (Å²) in [6.45, 7) is 13.2. The van der Waals surface area contributed by atoms with Gasteiger partial charge in [-0.2, -0.15) is 0 Å². The lowest BCUT2D eigenvalue weighted by Crippen LogP contribution is -2.29. The topological polar surface area (TPSA) is 32.8 Å². The number of furan rings is 2. The van der Waals surface area contributed by atoms with Gasteiger partial charge in [0.15, 0.2) is 11.2 Å². The van der Waals surface area contributed by atoms with E-state index in [1.54, 1.807) is 0 Å². The van der Waals surface area contributed by atoms with E-state index in [4.69, 9.17) is 8.83 Å². The molecule has 1 aliphatic rings. The van der Waals surface area contributed by atoms with E-state index in [0.29, 0.717) is 0 Å². The first-order valence-corrected chi connectivity index (χ1v) is 30.2. The Morgan fingerprint density at radius 1 is 0.264 bits per heavy atom. The Morgan fingerprint density at radius 2 is 0.701 bits per heavy atom. The fourth-order valence-corrected chi connectivity index (χ4v) is 14.5. The molecular weight excluding hydrogens is 1060 g/mol. The van der Waals surface area contributed by atoms with Gasteiger partial charge >= 0.3 is 0 Å². The molecule has 0 fully saturated rings. The fraction of sp³-hybridized carbons (Fsp3) is 0.0843. The molecule has 0 saturated carbocycles. The Hall–Kier alpha value is -10.7. The summed E-state index contributed by atoms with van der Waals surface area (Å²) in [5.41, 5.74) is 27.6. The Balaban J connectivity index is 0.991. The van der Waals surface area contributed by atoms with Crippen LogP contribution in [0.15, 0.2) is 276 Å². The van der Waals surface area contributed by atoms with E-state index in [9.17, 15) is 0 Å². The highest BCUT2D eigenvalue weighted by atomic mass is 16.3. The highest BCUT2D eigenvalue weighted by Gasteiger charge is 2.48. The molecule has 16 rings (SSSR count). The summed E-state index contributed by atoms with van der Waals surface area (Å²) < 4.78 is 14.7. The van der Waals surface area contributed by atoms with Crippen molar-refractivity contribution in [2.24, 2.45) is 0 Å². The van der Waals surface area contributed by atoms with Gasteiger partial charge in [-0.1, -0.05) is 224 Å². The minimum Gasteiger partial charge on any atom is -0.453 e. The predicted molar refractivity (Wildman–Crippen MR) is 364 cm³/mol. The minimum atomic E-state index is -0.815. The second-order valence-corrected chi connectivity index (χ2v) is 23.8. The molecule has 0 unspecified atom stereocenters. The number of hydrogen-bond donors (Lipinski definition) is 0. The van der Waals surface area contributed by atoms with Crippen LogP contribution in [0.3, 0.4) is 0 Å². The third-order valence-corrected chi connectivity index (χ3v) is 18.6. The van der Waals surface area contributed by atoms with Crippen LogP contribution in [0.5, 0.6) is 0 Å². The maximum atomic E-state index is 7.40. The number of benzene rings is 13. The van der Waals surface area contributed by atoms with Crippen LogP contribution in [0, 0.1) is 41.5 Å². The van der Waals surface area contributed by atoms with Gasteiger partial charge in [-0.15, -0.1) is 0 Å². The zero-order chi connectivity index (χ0) is 58.7. The second kappa shape index (κ2) is 20.3. The first-order valence-electron chi connectivity index (χ1n) is 30.2. The fourth-order valence-electron chi connectivity index (χ4n) is 14.5. The van der Waals surface area contributed by atoms with Gasteiger partial charge in [0.1, 0.15) is 11.2 Å². The van der Waals surface area contributed by atoms with Gasteiger partial charge in [-0.25, -0.2) is 0 Å². The third-order valence-electron chi connectivity index (χ3n) is 18.6. The van der Waals surface area contributed by atoms with Crippen LogP contribution < -0.4 is 9.80 Å². The van der Waals surface area contributed by atoms with Crippen molar-refractivity contribution >= 4 is 88.8 Å². The van der Waals surface area contributed by atoms with Crippen molar-refractivity contribution in [1.82, 2.24) is 0 Å². The van der Waals surface area contributed by atoms with Crippen LogP contribution in [0.2, 0.25) is 0 Å². The van der Waals surface area contributed by atoms with Crippen LogP contribution in [0.1, 0.15) is 55.6 Å². The molecule has 0 saturated heterocycles. The zero-order valence-corrected chi connectivity index (χ0v) is 49.6. The molecular formula is C83H62N2O2. The summed E-state index contributed by atoms with van der Waals surface area (Å²) in [7, 11) is 0. The molecule has 1 aliphatic carbocycles. The smallest absolute Gasteiger partial charge is 0.159 e. The average Bonchev–Trinajstić information content (AvgIpc) is 1.55. The zero-order valence-electron chi connectivity index (χ0n) is 49.6. The molecule has 2 aromatic heterocycles. The average molecular weight is 1120 g/mol. The summed E-state index contributed by atoms with van der Waals surface area (Å²) in [5, 5.41) is 6.62. The van der Waals surface area contributed by atoms with Crippen molar-refractivity contribution < 1.29 is 8.83 Å². The Morgan fingerprint density at radius 3 is 1.24 bits per heavy atom. The molecule has 87 heavy (non-hydrogen) atoms. The van der Waals surface area contributed by atoms with E-state index in [1.165, 1.54) is 66.6 Å². The molecule has 4 nitrogen and oxygen atoms in total. The van der Waals surface area contributed by atoms with Crippen LogP contribution >= 0.6 is 0 Å². The van der Waals surface area contributed by atoms with Gasteiger partial charge in [-0.05, 0) is 167 Å². The summed E-state index contributed by atoms with van der Waals surface area (Å²) in [6.07, 6.45) is 0. The summed E-state index contributed by atoms with van der Waals surface area (Å²) in [5.74, 6) is 0. The quantitative estimate of drug-likeness (QED) is 0.137. The van der Waals surface area contributed by atoms with Crippen molar-refractivity contribution in [2.75, 3.05) is 9.80 Å². The summed E-state index contributed by atoms with van der Waals surface area (Å²) >= 11 is 0. The number of para-hydroxylation sites is 4. The normalized spacial score (nSPS) is 12.6. The molecule has 416 valence electrons. The van der Waals surface area contributed by atoms with Gasteiger partial charge < -0.3 is 18.6 Å². The van der Waals surface area contributed by atoms with Gasteiger partial charge in [0.05, 0.1) is 22.5 Å². The van der Waals surface area contributed by atoms with Crippen molar-refractivity contribution in [2.45, 2.75) is 47.0 Å². The van der Waals surface area contributed by atoms with E-state index in [0.717, 1.165) is 111 Å². The molecule has 4 heteroatoms. The molecule has 0 atom stereocenters. The maximum Gasteiger partial charge on any atom is 0.159 e. The molecule has 0 aliphatic heterocycles. The van der Waals surface area contributed by atoms with Gasteiger partial charge in [0.25, 0.3) is 0 Å². The first-order chi connectivity index (χ1) is 42.6. The predicted octanol–water partition coefficient (Wildman–Crippen LogP) is 23.1. The van der Waals surface area contributed by atoms with Gasteiger partial charge in [-0.3, -0.25) is 0 Å². The SMILES string of the molecule is Cc1ccc(C)c(N(c2ccc3c(c2)C(c2ccccc2)(c2ccccc2)c2cc(N(c4cc(C)ccc4C)c4cccc5c4oc4c(-c6ccccc6C)cccc45)c4ccccc4c2-3)c2cccc3c2oc2c(-c4ccccc4C)cccc23)c1. The largest absolute Gasteiger partial charge is 0.453 e. The van der Waals surface area contributed by atoms with E-state index in [2.05, 4.69) is 318 Å². The molecule has 0 amide bonds. The summed E-state index contributed by atoms with van der Waals surface area (Å²) in [4.78, 5) is 4.95. The van der Waals surface area contributed by atoms with Gasteiger partial charge in [0, 0.05) is 55.1 Å². The van der Waals surface area contributed by atoms with Gasteiger partial charge in [0.2, 0.25) is 0 Å². The van der Waals surface area contributed by atoms with E-state index >= 15 is 0 Å². The number of hydrogen-bond acceptors (Lipinski definition) is 4. The van der Waals surface area contributed by atoms with Crippen LogP contribution in [-0.4, -0.2) is 0 Å². The Kier molecular flexibility index (Phi) is 12.1. The van der Waals surface area contributed by atoms with E-state index in [-0.39, 0.29) is 0 Å². The number of aryl methyl sites for hydroxylation is 6. The highest BCUT2D eigenvalue weighted by molar-refractivity contribution is 6.17. The first kappa shape index (κ1) is 51.9. The van der Waals surface area contributed by atoms with Crippen molar-refractivity contribution in [3.8, 4) is 33.4 Å². The lowest BCUT2D eigenvalue weighted by atomic mass is 9.67. The van der Waals surface area contributed by atoms with Crippen LogP contribution in [0.25, 0.3) is 88.0 Å². The molecule has 0 bridgehead atoms. The van der Waals surface area contributed by atoms with E-state index < -0.39 is 5.41 Å². The third kappa shape index (κ3) is 7.98. The Bertz CT molecular complexity index is 5220. The van der Waals surface area contributed by atoms with E-state index in [1.807, 2.05) is 0 Å². The minimum absolute atomic E-state index is 0.815. The standard InChI is InChI=1S/C83H62N2O2/c1-51-41-43-55(5)75(47-51)84(73-39-21-37-68-66-35-19-33-64(79(66)86-81(68)73)60-29-15-13-23-53(60)3)59-45-46-70-71(49-59)83(57-25-9-7-10-26-57,58-27-11-8-12-28-58)72-50-77(62-31-17-18-32-63(62)78(70)72)85(76-48-52(2)42-44-56(76)6)74-40-22-38-69-67-36-20-34-65(80(67)87-82(69)74)61-30-16-14-24-54(61)4/h7-50H,1-6H3. The molecule has 0 spiro atoms. The monoisotopic (exact) mass is 1120 g/mol. The molecule has 0 radical (unpaired) electrons. The summed E-state index contributed by atoms with van der Waals surface area (Å²) in [6, 6.07) is 98.5. The number of rotatable bonds is 10. The van der Waals surface area contributed by atoms with Crippen molar-refractivity contribution in [3.63, 3.8) is 0 Å². The van der Waals surface area contributed by atoms with Crippen LogP contribution in [-0.2, 0) is 5.41 Å². The van der Waals surface area contributed by atoms with Crippen LogP contribution in [0.4, 0.5) is 34.1 Å². The number of nitrogens with zero attached hydrogens (tertiary/aromatic N) is 2. The molecule has 15 aromatic rings. The highest BCUT2D eigenvalue weighted by Crippen LogP contribution is 2.62. The lowest BCUT2D eigenvalue weighted by Gasteiger charge is -2.36. The number of anilines is 6.